The number of nitrogens with zero attached hydrogens (tertiary/aromatic N) is 1. The Morgan fingerprint density at radius 2 is 1.90 bits per heavy atom. The van der Waals surface area contributed by atoms with Crippen LogP contribution in [0, 0.1) is 0 Å². The topological polar surface area (TPSA) is 61.4 Å². The van der Waals surface area contributed by atoms with Crippen LogP contribution in [0.15, 0.2) is 24.3 Å². The van der Waals surface area contributed by atoms with Crippen LogP contribution in [0.25, 0.3) is 0 Å². The van der Waals surface area contributed by atoms with Crippen molar-refractivity contribution in [3.05, 3.63) is 35.4 Å². The Balaban J connectivity index is 2.76. The van der Waals surface area contributed by atoms with E-state index < -0.39 is 0 Å². The Morgan fingerprint density at radius 1 is 1.24 bits per heavy atom. The molecule has 0 aliphatic heterocycles. The summed E-state index contributed by atoms with van der Waals surface area (Å²) in [5.41, 5.74) is 1.65. The van der Waals surface area contributed by atoms with Gasteiger partial charge in [0.15, 0.2) is 0 Å². The third-order valence-electron chi connectivity index (χ3n) is 3.07. The molecule has 0 saturated carbocycles. The molecule has 1 rings (SSSR count). The van der Waals surface area contributed by atoms with Gasteiger partial charge in [0.25, 0.3) is 5.91 Å². The predicted octanol–water partition coefficient (Wildman–Crippen LogP) is 1.05. The molecule has 0 bridgehead atoms. The molecule has 0 aliphatic rings. The molecule has 116 valence electrons. The summed E-state index contributed by atoms with van der Waals surface area (Å²) in [6.07, 6.45) is 0.782. The van der Waals surface area contributed by atoms with Crippen molar-refractivity contribution in [2.45, 2.75) is 26.3 Å². The third-order valence-corrected chi connectivity index (χ3v) is 3.07. The first-order valence-corrected chi connectivity index (χ1v) is 7.23. The van der Waals surface area contributed by atoms with Gasteiger partial charge in [0.05, 0.1) is 6.54 Å². The average molecular weight is 291 g/mol. The third kappa shape index (κ3) is 5.55. The molecule has 0 atom stereocenters. The largest absolute Gasteiger partial charge is 0.352 e. The summed E-state index contributed by atoms with van der Waals surface area (Å²) in [4.78, 5) is 25.7. The van der Waals surface area contributed by atoms with E-state index in [2.05, 4.69) is 10.6 Å². The lowest BCUT2D eigenvalue weighted by molar-refractivity contribution is -0.122. The lowest BCUT2D eigenvalue weighted by atomic mass is 10.0. The minimum atomic E-state index is -0.145. The molecular formula is C16H25N3O2. The highest BCUT2D eigenvalue weighted by molar-refractivity contribution is 5.97. The highest BCUT2D eigenvalue weighted by Gasteiger charge is 2.17. The number of carbonyl (C=O) groups is 2. The fourth-order valence-corrected chi connectivity index (χ4v) is 2.07. The van der Waals surface area contributed by atoms with Crippen LogP contribution in [0.1, 0.15) is 29.8 Å². The molecule has 0 aromatic heterocycles. The summed E-state index contributed by atoms with van der Waals surface area (Å²) in [6.45, 7) is 4.67. The number of benzene rings is 1. The Labute approximate surface area is 126 Å². The van der Waals surface area contributed by atoms with Crippen molar-refractivity contribution in [3.63, 3.8) is 0 Å². The summed E-state index contributed by atoms with van der Waals surface area (Å²) in [5.74, 6) is -0.269. The summed E-state index contributed by atoms with van der Waals surface area (Å²) in [5, 5.41) is 5.86. The molecule has 0 radical (unpaired) electrons. The average Bonchev–Trinajstić information content (AvgIpc) is 2.43. The summed E-state index contributed by atoms with van der Waals surface area (Å²) in [6, 6.07) is 7.60. The van der Waals surface area contributed by atoms with E-state index >= 15 is 0 Å². The highest BCUT2D eigenvalue weighted by Crippen LogP contribution is 2.11. The van der Waals surface area contributed by atoms with Gasteiger partial charge in [0, 0.05) is 18.7 Å². The fourth-order valence-electron chi connectivity index (χ4n) is 2.07. The molecule has 2 N–H and O–H groups in total. The quantitative estimate of drug-likeness (QED) is 0.789. The van der Waals surface area contributed by atoms with E-state index in [1.54, 1.807) is 7.05 Å². The maximum atomic E-state index is 12.5. The van der Waals surface area contributed by atoms with Crippen LogP contribution in [-0.2, 0) is 11.2 Å². The minimum Gasteiger partial charge on any atom is -0.352 e. The van der Waals surface area contributed by atoms with Crippen LogP contribution in [-0.4, -0.2) is 49.9 Å². The molecule has 1 aromatic rings. The van der Waals surface area contributed by atoms with Crippen molar-refractivity contribution in [1.29, 1.82) is 0 Å². The Morgan fingerprint density at radius 3 is 2.52 bits per heavy atom. The Bertz CT molecular complexity index is 486. The normalized spacial score (nSPS) is 10.5. The van der Waals surface area contributed by atoms with E-state index in [-0.39, 0.29) is 24.4 Å². The van der Waals surface area contributed by atoms with E-state index in [1.165, 1.54) is 4.90 Å². The first-order valence-electron chi connectivity index (χ1n) is 7.23. The maximum absolute atomic E-state index is 12.5. The summed E-state index contributed by atoms with van der Waals surface area (Å²) >= 11 is 0. The van der Waals surface area contributed by atoms with Crippen LogP contribution in [0.2, 0.25) is 0 Å². The second kappa shape index (κ2) is 8.42. The van der Waals surface area contributed by atoms with Crippen molar-refractivity contribution < 1.29 is 9.59 Å². The molecule has 5 nitrogen and oxygen atoms in total. The summed E-state index contributed by atoms with van der Waals surface area (Å²) in [7, 11) is 3.53. The molecule has 0 heterocycles. The van der Waals surface area contributed by atoms with Gasteiger partial charge in [0.2, 0.25) is 5.91 Å². The van der Waals surface area contributed by atoms with Crippen LogP contribution in [0.3, 0.4) is 0 Å². The van der Waals surface area contributed by atoms with Gasteiger partial charge in [-0.2, -0.15) is 0 Å². The molecule has 0 unspecified atom stereocenters. The van der Waals surface area contributed by atoms with Crippen LogP contribution < -0.4 is 10.6 Å². The SMILES string of the molecule is CNCCc1ccccc1C(=O)N(C)CC(=O)NC(C)C. The number of carbonyl (C=O) groups excluding carboxylic acids is 2. The number of nitrogens with one attached hydrogen (secondary N) is 2. The zero-order valence-electron chi connectivity index (χ0n) is 13.3. The van der Waals surface area contributed by atoms with E-state index in [4.69, 9.17) is 0 Å². The number of likely N-dealkylation sites (N-methyl/N-ethyl adjacent to an activating group) is 2. The van der Waals surface area contributed by atoms with Gasteiger partial charge in [-0.1, -0.05) is 18.2 Å². The first-order chi connectivity index (χ1) is 9.95. The van der Waals surface area contributed by atoms with Crippen LogP contribution >= 0.6 is 0 Å². The zero-order valence-corrected chi connectivity index (χ0v) is 13.3. The van der Waals surface area contributed by atoms with Crippen molar-refractivity contribution in [1.82, 2.24) is 15.5 Å². The fraction of sp³-hybridized carbons (Fsp3) is 0.500. The molecule has 0 fully saturated rings. The molecule has 0 saturated heterocycles. The lowest BCUT2D eigenvalue weighted by Crippen LogP contribution is -2.41. The van der Waals surface area contributed by atoms with E-state index in [0.717, 1.165) is 18.5 Å². The molecular weight excluding hydrogens is 266 g/mol. The lowest BCUT2D eigenvalue weighted by Gasteiger charge is -2.19. The van der Waals surface area contributed by atoms with Gasteiger partial charge in [-0.15, -0.1) is 0 Å². The zero-order chi connectivity index (χ0) is 15.8. The predicted molar refractivity (Wildman–Crippen MR) is 84.3 cm³/mol. The Hall–Kier alpha value is -1.88. The first kappa shape index (κ1) is 17.2. The van der Waals surface area contributed by atoms with Gasteiger partial charge >= 0.3 is 0 Å². The van der Waals surface area contributed by atoms with Crippen LogP contribution in [0.5, 0.6) is 0 Å². The molecule has 0 aliphatic carbocycles. The van der Waals surface area contributed by atoms with Crippen molar-refractivity contribution in [2.24, 2.45) is 0 Å². The van der Waals surface area contributed by atoms with Gasteiger partial charge in [-0.05, 0) is 45.5 Å². The number of amides is 2. The molecule has 0 spiro atoms. The minimum absolute atomic E-state index is 0.0668. The van der Waals surface area contributed by atoms with Gasteiger partial charge < -0.3 is 15.5 Å². The second-order valence-electron chi connectivity index (χ2n) is 5.39. The number of rotatable bonds is 7. The van der Waals surface area contributed by atoms with E-state index in [0.29, 0.717) is 5.56 Å². The van der Waals surface area contributed by atoms with Gasteiger partial charge in [-0.25, -0.2) is 0 Å². The molecule has 1 aromatic carbocycles. The van der Waals surface area contributed by atoms with E-state index in [9.17, 15) is 9.59 Å². The monoisotopic (exact) mass is 291 g/mol. The van der Waals surface area contributed by atoms with Crippen molar-refractivity contribution >= 4 is 11.8 Å². The summed E-state index contributed by atoms with van der Waals surface area (Å²) < 4.78 is 0. The number of hydrogen-bond acceptors (Lipinski definition) is 3. The van der Waals surface area contributed by atoms with Crippen molar-refractivity contribution in [2.75, 3.05) is 27.2 Å². The molecule has 5 heteroatoms. The molecule has 2 amide bonds. The second-order valence-corrected chi connectivity index (χ2v) is 5.39. The molecule has 21 heavy (non-hydrogen) atoms. The highest BCUT2D eigenvalue weighted by atomic mass is 16.2. The smallest absolute Gasteiger partial charge is 0.254 e. The van der Waals surface area contributed by atoms with Crippen LogP contribution in [0.4, 0.5) is 0 Å². The van der Waals surface area contributed by atoms with E-state index in [1.807, 2.05) is 45.2 Å². The van der Waals surface area contributed by atoms with Gasteiger partial charge in [0.1, 0.15) is 0 Å². The Kier molecular flexibility index (Phi) is 6.88. The number of hydrogen-bond donors (Lipinski definition) is 2. The van der Waals surface area contributed by atoms with Crippen molar-refractivity contribution in [3.8, 4) is 0 Å². The van der Waals surface area contributed by atoms with Gasteiger partial charge in [-0.3, -0.25) is 9.59 Å². The standard InChI is InChI=1S/C16H25N3O2/c1-12(2)18-15(20)11-19(4)16(21)14-8-6-5-7-13(14)9-10-17-3/h5-8,12,17H,9-11H2,1-4H3,(H,18,20). The maximum Gasteiger partial charge on any atom is 0.254 e.